The molecule has 2 saturated heterocycles. The van der Waals surface area contributed by atoms with Crippen LogP contribution in [0.4, 0.5) is 0 Å². The van der Waals surface area contributed by atoms with Gasteiger partial charge in [-0.05, 0) is 49.3 Å². The molecule has 1 aromatic carbocycles. The molecule has 0 bridgehead atoms. The Bertz CT molecular complexity index is 1180. The predicted molar refractivity (Wildman–Crippen MR) is 131 cm³/mol. The first-order valence-corrected chi connectivity index (χ1v) is 13.1. The number of methoxy groups -OCH3 is 1. The normalized spacial score (nSPS) is 31.4. The van der Waals surface area contributed by atoms with E-state index in [0.29, 0.717) is 44.3 Å². The quantitative estimate of drug-likeness (QED) is 0.460. The molecule has 1 saturated carbocycles. The smallest absolute Gasteiger partial charge is 0.234 e. The zero-order valence-electron chi connectivity index (χ0n) is 20.7. The largest absolute Gasteiger partial charge is 0.503 e. The summed E-state index contributed by atoms with van der Waals surface area (Å²) in [4.78, 5) is 56.4. The summed E-state index contributed by atoms with van der Waals surface area (Å²) in [5.74, 6) is -3.80. The molecular weight excluding hydrogens is 484 g/mol. The van der Waals surface area contributed by atoms with E-state index in [0.717, 1.165) is 5.57 Å². The van der Waals surface area contributed by atoms with E-state index in [-0.39, 0.29) is 46.1 Å². The van der Waals surface area contributed by atoms with Crippen LogP contribution in [0.25, 0.3) is 0 Å². The van der Waals surface area contributed by atoms with Crippen LogP contribution in [0.15, 0.2) is 23.8 Å². The van der Waals surface area contributed by atoms with Crippen LogP contribution in [-0.2, 0) is 19.2 Å². The van der Waals surface area contributed by atoms with Crippen molar-refractivity contribution in [3.05, 3.63) is 34.4 Å². The van der Waals surface area contributed by atoms with Crippen molar-refractivity contribution in [1.82, 2.24) is 9.80 Å². The highest BCUT2D eigenvalue weighted by Gasteiger charge is 2.61. The summed E-state index contributed by atoms with van der Waals surface area (Å²) < 4.78 is 5.33. The number of nitrogens with zero attached hydrogens (tertiary/aromatic N) is 2. The van der Waals surface area contributed by atoms with Crippen LogP contribution in [0.3, 0.4) is 0 Å². The van der Waals surface area contributed by atoms with E-state index in [1.165, 1.54) is 16.9 Å². The molecule has 5 rings (SSSR count). The van der Waals surface area contributed by atoms with Crippen LogP contribution in [0, 0.1) is 29.6 Å². The number of halogens is 1. The number of hydrogen-bond acceptors (Lipinski definition) is 6. The van der Waals surface area contributed by atoms with Gasteiger partial charge in [-0.25, -0.2) is 0 Å². The summed E-state index contributed by atoms with van der Waals surface area (Å²) >= 11 is 6.35. The van der Waals surface area contributed by atoms with E-state index < -0.39 is 29.6 Å². The Kier molecular flexibility index (Phi) is 6.35. The maximum Gasteiger partial charge on any atom is 0.234 e. The fourth-order valence-corrected chi connectivity index (χ4v) is 7.13. The van der Waals surface area contributed by atoms with Gasteiger partial charge < -0.3 is 9.84 Å². The van der Waals surface area contributed by atoms with Crippen LogP contribution in [-0.4, -0.2) is 58.7 Å². The molecule has 0 spiro atoms. The van der Waals surface area contributed by atoms with E-state index >= 15 is 0 Å². The third kappa shape index (κ3) is 3.48. The number of hydrogen-bond donors (Lipinski definition) is 1. The highest BCUT2D eigenvalue weighted by atomic mass is 35.5. The molecule has 2 aliphatic carbocycles. The van der Waals surface area contributed by atoms with Crippen molar-refractivity contribution < 1.29 is 29.0 Å². The van der Waals surface area contributed by atoms with Crippen molar-refractivity contribution in [3.8, 4) is 11.5 Å². The van der Waals surface area contributed by atoms with Gasteiger partial charge in [0.2, 0.25) is 23.6 Å². The molecule has 1 aromatic rings. The summed E-state index contributed by atoms with van der Waals surface area (Å²) in [6.45, 7) is 4.58. The molecule has 0 aromatic heterocycles. The Labute approximate surface area is 215 Å². The van der Waals surface area contributed by atoms with Gasteiger partial charge in [0.15, 0.2) is 11.5 Å². The monoisotopic (exact) mass is 514 g/mol. The van der Waals surface area contributed by atoms with Crippen LogP contribution in [0.2, 0.25) is 5.02 Å². The number of phenols is 1. The van der Waals surface area contributed by atoms with Gasteiger partial charge in [0.25, 0.3) is 0 Å². The Balaban J connectivity index is 1.65. The minimum atomic E-state index is -0.632. The third-order valence-corrected chi connectivity index (χ3v) is 8.64. The molecule has 0 radical (unpaired) electrons. The number of amides is 4. The summed E-state index contributed by atoms with van der Waals surface area (Å²) in [6.07, 6.45) is 4.11. The molecule has 0 unspecified atom stereocenters. The summed E-state index contributed by atoms with van der Waals surface area (Å²) in [5.41, 5.74) is 1.56. The number of carbonyl (C=O) groups excluding carboxylic acids is 4. The number of carbonyl (C=O) groups is 4. The van der Waals surface area contributed by atoms with Gasteiger partial charge in [-0.15, -0.1) is 0 Å². The number of benzene rings is 1. The summed E-state index contributed by atoms with van der Waals surface area (Å²) in [7, 11) is 1.42. The van der Waals surface area contributed by atoms with Crippen LogP contribution < -0.4 is 4.74 Å². The first kappa shape index (κ1) is 24.8. The van der Waals surface area contributed by atoms with Crippen LogP contribution >= 0.6 is 11.6 Å². The predicted octanol–water partition coefficient (Wildman–Crippen LogP) is 3.51. The Morgan fingerprint density at radius 3 is 2.14 bits per heavy atom. The second-order valence-corrected chi connectivity index (χ2v) is 10.6. The zero-order chi connectivity index (χ0) is 25.9. The lowest BCUT2D eigenvalue weighted by Gasteiger charge is -2.44. The number of ether oxygens (including phenoxy) is 1. The molecule has 6 atom stereocenters. The van der Waals surface area contributed by atoms with Gasteiger partial charge in [0.05, 0.1) is 35.8 Å². The zero-order valence-corrected chi connectivity index (χ0v) is 21.5. The van der Waals surface area contributed by atoms with Crippen molar-refractivity contribution in [2.75, 3.05) is 20.2 Å². The average molecular weight is 515 g/mol. The maximum atomic E-state index is 13.6. The minimum Gasteiger partial charge on any atom is -0.503 e. The first-order chi connectivity index (χ1) is 17.2. The maximum absolute atomic E-state index is 13.6. The number of likely N-dealkylation sites (tertiary alicyclic amines) is 2. The molecule has 4 aliphatic rings. The molecule has 36 heavy (non-hydrogen) atoms. The highest BCUT2D eigenvalue weighted by Crippen LogP contribution is 2.58. The van der Waals surface area contributed by atoms with E-state index in [1.807, 2.05) is 19.9 Å². The number of rotatable bonds is 6. The Morgan fingerprint density at radius 1 is 0.917 bits per heavy atom. The van der Waals surface area contributed by atoms with Gasteiger partial charge in [-0.2, -0.15) is 0 Å². The number of phenolic OH excluding ortho intramolecular Hbond substituents is 1. The second-order valence-electron chi connectivity index (χ2n) is 10.2. The van der Waals surface area contributed by atoms with E-state index in [9.17, 15) is 24.3 Å². The third-order valence-electron chi connectivity index (χ3n) is 8.36. The van der Waals surface area contributed by atoms with Crippen molar-refractivity contribution in [1.29, 1.82) is 0 Å². The SMILES string of the molecule is CCCN1C(=O)[C@H]2[C@H](CC=C3[C@H]2C[C@H]2C(=O)N(CCC)C(=O)[C@H]2[C@H]3c2cc(Cl)c(O)c(OC)c2)C1=O. The standard InChI is InChI=1S/C27H31ClN2O6/c1-4-8-29-24(32)15-7-6-14-16(21(15)26(29)34)12-17-22(27(35)30(9-5-2)25(17)33)20(14)13-10-18(28)23(31)19(11-13)36-3/h6,10-11,15-17,20-22,31H,4-5,7-9,12H2,1-3H3/t15-,16+,17+,20-,21-,22+/m0/s1. The van der Waals surface area contributed by atoms with Gasteiger partial charge in [0.1, 0.15) is 0 Å². The van der Waals surface area contributed by atoms with Crippen molar-refractivity contribution in [2.45, 2.75) is 45.4 Å². The second kappa shape index (κ2) is 9.21. The van der Waals surface area contributed by atoms with Gasteiger partial charge >= 0.3 is 0 Å². The molecule has 1 N–H and O–H groups in total. The van der Waals surface area contributed by atoms with E-state index in [1.54, 1.807) is 12.1 Å². The summed E-state index contributed by atoms with van der Waals surface area (Å²) in [6, 6.07) is 3.27. The molecule has 8 nitrogen and oxygen atoms in total. The van der Waals surface area contributed by atoms with Crippen molar-refractivity contribution >= 4 is 35.2 Å². The molecule has 9 heteroatoms. The number of imide groups is 2. The molecule has 2 aliphatic heterocycles. The van der Waals surface area contributed by atoms with Crippen LogP contribution in [0.1, 0.15) is 51.0 Å². The lowest BCUT2D eigenvalue weighted by Crippen LogP contribution is -2.43. The van der Waals surface area contributed by atoms with Gasteiger partial charge in [-0.3, -0.25) is 29.0 Å². The molecule has 4 amide bonds. The van der Waals surface area contributed by atoms with E-state index in [4.69, 9.17) is 16.3 Å². The Hall–Kier alpha value is -2.87. The minimum absolute atomic E-state index is 0.0840. The van der Waals surface area contributed by atoms with Crippen LogP contribution in [0.5, 0.6) is 11.5 Å². The number of fused-ring (bicyclic) bond motifs is 4. The van der Waals surface area contributed by atoms with Crippen molar-refractivity contribution in [2.24, 2.45) is 29.6 Å². The lowest BCUT2D eigenvalue weighted by molar-refractivity contribution is -0.142. The molecular formula is C27H31ClN2O6. The van der Waals surface area contributed by atoms with E-state index in [2.05, 4.69) is 0 Å². The summed E-state index contributed by atoms with van der Waals surface area (Å²) in [5, 5.41) is 10.4. The van der Waals surface area contributed by atoms with Gasteiger partial charge in [0, 0.05) is 19.0 Å². The lowest BCUT2D eigenvalue weighted by atomic mass is 9.57. The number of allylic oxidation sites excluding steroid dienone is 2. The molecule has 2 heterocycles. The first-order valence-electron chi connectivity index (χ1n) is 12.7. The fourth-order valence-electron chi connectivity index (χ4n) is 6.91. The molecule has 3 fully saturated rings. The Morgan fingerprint density at radius 2 is 1.53 bits per heavy atom. The number of aromatic hydroxyl groups is 1. The van der Waals surface area contributed by atoms with Gasteiger partial charge in [-0.1, -0.05) is 37.1 Å². The highest BCUT2D eigenvalue weighted by molar-refractivity contribution is 6.32. The van der Waals surface area contributed by atoms with Crippen molar-refractivity contribution in [3.63, 3.8) is 0 Å². The molecule has 192 valence electrons. The fraction of sp³-hybridized carbons (Fsp3) is 0.556. The topological polar surface area (TPSA) is 104 Å². The average Bonchev–Trinajstić information content (AvgIpc) is 3.25.